The highest BCUT2D eigenvalue weighted by molar-refractivity contribution is 7.97. The number of hydrogen-bond donors (Lipinski definition) is 3. The van der Waals surface area contributed by atoms with Crippen LogP contribution in [0.25, 0.3) is 22.0 Å². The first kappa shape index (κ1) is 22.3. The Kier molecular flexibility index (Phi) is 6.40. The van der Waals surface area contributed by atoms with E-state index in [2.05, 4.69) is 20.7 Å². The second kappa shape index (κ2) is 8.90. The van der Waals surface area contributed by atoms with Gasteiger partial charge in [-0.05, 0) is 81.9 Å². The van der Waals surface area contributed by atoms with E-state index >= 15 is 0 Å². The fraction of sp³-hybridized carbons (Fsp3) is 0.417. The van der Waals surface area contributed by atoms with E-state index < -0.39 is 11.6 Å². The number of H-pyrrole nitrogens is 1. The Balaban J connectivity index is 1.61. The van der Waals surface area contributed by atoms with Crippen molar-refractivity contribution in [2.45, 2.75) is 56.6 Å². The zero-order chi connectivity index (χ0) is 22.2. The Morgan fingerprint density at radius 3 is 2.71 bits per heavy atom. The van der Waals surface area contributed by atoms with E-state index in [0.717, 1.165) is 48.6 Å². The molecule has 0 spiro atoms. The number of rotatable bonds is 6. The molecule has 0 amide bonds. The number of fused-ring (bicyclic) bond motifs is 1. The Morgan fingerprint density at radius 1 is 1.16 bits per heavy atom. The van der Waals surface area contributed by atoms with Crippen LogP contribution in [0.15, 0.2) is 41.3 Å². The molecule has 1 aliphatic rings. The Bertz CT molecular complexity index is 1080. The fourth-order valence-corrected chi connectivity index (χ4v) is 4.76. The average molecular weight is 446 g/mol. The summed E-state index contributed by atoms with van der Waals surface area (Å²) in [5.41, 5.74) is 2.94. The van der Waals surface area contributed by atoms with Gasteiger partial charge in [-0.3, -0.25) is 9.62 Å². The number of aliphatic hydroxyl groups excluding tert-OH is 1. The molecule has 1 atom stereocenters. The van der Waals surface area contributed by atoms with E-state index in [9.17, 15) is 13.9 Å². The number of hydrogen-bond acceptors (Lipinski definition) is 4. The number of benzene rings is 2. The maximum atomic E-state index is 14.6. The molecule has 3 aromatic rings. The number of halogens is 2. The third kappa shape index (κ3) is 5.12. The minimum atomic E-state index is -0.574. The number of aromatic amines is 1. The molecular formula is C24H29F2N3OS. The van der Waals surface area contributed by atoms with E-state index in [-0.39, 0.29) is 18.2 Å². The third-order valence-corrected chi connectivity index (χ3v) is 6.81. The minimum Gasteiger partial charge on any atom is -0.395 e. The van der Waals surface area contributed by atoms with Crippen LogP contribution in [-0.2, 0) is 6.54 Å². The lowest BCUT2D eigenvalue weighted by Gasteiger charge is -2.21. The molecule has 0 aliphatic carbocycles. The monoisotopic (exact) mass is 445 g/mol. The van der Waals surface area contributed by atoms with Gasteiger partial charge in [0.15, 0.2) is 0 Å². The molecule has 4 nitrogen and oxygen atoms in total. The highest BCUT2D eigenvalue weighted by atomic mass is 32.2. The van der Waals surface area contributed by atoms with Gasteiger partial charge < -0.3 is 10.1 Å². The van der Waals surface area contributed by atoms with Gasteiger partial charge in [0.1, 0.15) is 11.6 Å². The summed E-state index contributed by atoms with van der Waals surface area (Å²) in [5, 5.41) is 10.5. The van der Waals surface area contributed by atoms with Gasteiger partial charge in [-0.1, -0.05) is 6.07 Å². The molecule has 2 aromatic carbocycles. The predicted molar refractivity (Wildman–Crippen MR) is 123 cm³/mol. The smallest absolute Gasteiger partial charge is 0.141 e. The first-order valence-corrected chi connectivity index (χ1v) is 11.4. The Hall–Kier alpha value is -1.93. The number of likely N-dealkylation sites (tertiary alicyclic amines) is 1. The number of nitrogens with zero attached hydrogens (tertiary/aromatic N) is 1. The molecule has 1 aliphatic heterocycles. The summed E-state index contributed by atoms with van der Waals surface area (Å²) in [5.74, 6) is -1.15. The summed E-state index contributed by atoms with van der Waals surface area (Å²) in [7, 11) is 0. The molecule has 4 rings (SSSR count). The van der Waals surface area contributed by atoms with Gasteiger partial charge in [0.25, 0.3) is 0 Å². The van der Waals surface area contributed by atoms with E-state index in [1.807, 2.05) is 39.0 Å². The summed E-state index contributed by atoms with van der Waals surface area (Å²) in [6.45, 7) is 7.88. The maximum Gasteiger partial charge on any atom is 0.141 e. The van der Waals surface area contributed by atoms with Crippen LogP contribution in [0.1, 0.15) is 39.3 Å². The van der Waals surface area contributed by atoms with Crippen molar-refractivity contribution in [3.05, 3.63) is 53.7 Å². The first-order valence-electron chi connectivity index (χ1n) is 10.6. The molecule has 0 saturated carbocycles. The second-order valence-corrected chi connectivity index (χ2v) is 10.1. The normalized spacial score (nSPS) is 17.7. The van der Waals surface area contributed by atoms with Crippen LogP contribution in [0.5, 0.6) is 0 Å². The number of aliphatic hydroxyl groups is 1. The van der Waals surface area contributed by atoms with Crippen LogP contribution in [0.4, 0.5) is 8.78 Å². The van der Waals surface area contributed by atoms with Crippen LogP contribution in [0.3, 0.4) is 0 Å². The van der Waals surface area contributed by atoms with E-state index in [1.54, 1.807) is 6.07 Å². The average Bonchev–Trinajstić information content (AvgIpc) is 3.32. The van der Waals surface area contributed by atoms with Crippen LogP contribution in [0, 0.1) is 11.6 Å². The van der Waals surface area contributed by atoms with Gasteiger partial charge in [0, 0.05) is 46.4 Å². The number of nitrogens with one attached hydrogen (secondary N) is 2. The van der Waals surface area contributed by atoms with Crippen LogP contribution in [0.2, 0.25) is 0 Å². The van der Waals surface area contributed by atoms with Crippen molar-refractivity contribution in [1.82, 2.24) is 14.6 Å². The van der Waals surface area contributed by atoms with E-state index in [1.165, 1.54) is 11.9 Å². The van der Waals surface area contributed by atoms with Gasteiger partial charge >= 0.3 is 0 Å². The first-order chi connectivity index (χ1) is 14.7. The molecule has 1 saturated heterocycles. The zero-order valence-corrected chi connectivity index (χ0v) is 19.0. The summed E-state index contributed by atoms with van der Waals surface area (Å²) in [4.78, 5) is 6.08. The zero-order valence-electron chi connectivity index (χ0n) is 18.1. The lowest BCUT2D eigenvalue weighted by atomic mass is 10.0. The number of aromatic nitrogens is 1. The lowest BCUT2D eigenvalue weighted by molar-refractivity contribution is 0.152. The van der Waals surface area contributed by atoms with Crippen LogP contribution in [-0.4, -0.2) is 39.7 Å². The van der Waals surface area contributed by atoms with Crippen LogP contribution >= 0.6 is 11.9 Å². The van der Waals surface area contributed by atoms with Gasteiger partial charge in [0.05, 0.1) is 11.5 Å². The van der Waals surface area contributed by atoms with E-state index in [0.29, 0.717) is 16.0 Å². The Labute approximate surface area is 186 Å². The minimum absolute atomic E-state index is 0.179. The predicted octanol–water partition coefficient (Wildman–Crippen LogP) is 5.47. The lowest BCUT2D eigenvalue weighted by Crippen LogP contribution is -2.31. The molecule has 0 unspecified atom stereocenters. The summed E-state index contributed by atoms with van der Waals surface area (Å²) < 4.78 is 32.1. The van der Waals surface area contributed by atoms with Crippen molar-refractivity contribution in [2.24, 2.45) is 0 Å². The van der Waals surface area contributed by atoms with Crippen LogP contribution < -0.4 is 4.72 Å². The van der Waals surface area contributed by atoms with E-state index in [4.69, 9.17) is 0 Å². The van der Waals surface area contributed by atoms with Crippen molar-refractivity contribution < 1.29 is 13.9 Å². The molecule has 2 heterocycles. The highest BCUT2D eigenvalue weighted by Gasteiger charge is 2.24. The largest absolute Gasteiger partial charge is 0.395 e. The van der Waals surface area contributed by atoms with Gasteiger partial charge in [-0.25, -0.2) is 8.78 Å². The Morgan fingerprint density at radius 2 is 1.97 bits per heavy atom. The van der Waals surface area contributed by atoms with Gasteiger partial charge in [-0.2, -0.15) is 0 Å². The van der Waals surface area contributed by atoms with Crippen molar-refractivity contribution in [1.29, 1.82) is 0 Å². The van der Waals surface area contributed by atoms with Crippen molar-refractivity contribution in [3.8, 4) is 11.1 Å². The second-order valence-electron chi connectivity index (χ2n) is 9.26. The van der Waals surface area contributed by atoms with Crippen molar-refractivity contribution >= 4 is 22.9 Å². The molecule has 3 N–H and O–H groups in total. The summed E-state index contributed by atoms with van der Waals surface area (Å²) in [6, 6.07) is 10.5. The summed E-state index contributed by atoms with van der Waals surface area (Å²) in [6.07, 6.45) is 2.12. The summed E-state index contributed by atoms with van der Waals surface area (Å²) >= 11 is 1.18. The molecule has 0 radical (unpaired) electrons. The molecule has 0 bridgehead atoms. The maximum absolute atomic E-state index is 14.6. The van der Waals surface area contributed by atoms with Crippen molar-refractivity contribution in [2.75, 3.05) is 13.2 Å². The molecule has 166 valence electrons. The fourth-order valence-electron chi connectivity index (χ4n) is 4.01. The molecule has 7 heteroatoms. The quantitative estimate of drug-likeness (QED) is 0.441. The topological polar surface area (TPSA) is 51.3 Å². The van der Waals surface area contributed by atoms with Gasteiger partial charge in [0.2, 0.25) is 0 Å². The SMILES string of the molecule is CC(C)(C)NSc1cc(-c2ccc3[nH]c(CN4CCC[C@@H]4CO)cc3c2)c(F)cc1F. The molecular weight excluding hydrogens is 416 g/mol. The van der Waals surface area contributed by atoms with Crippen molar-refractivity contribution in [3.63, 3.8) is 0 Å². The molecule has 31 heavy (non-hydrogen) atoms. The highest BCUT2D eigenvalue weighted by Crippen LogP contribution is 2.32. The third-order valence-electron chi connectivity index (χ3n) is 5.56. The standard InChI is InChI=1S/C24H29F2N3OS/c1-24(2,3)28-31-23-11-19(20(25)12-21(23)26)15-6-7-22-16(9-15)10-17(27-22)13-29-8-4-5-18(29)14-30/h6-7,9-12,18,27-28,30H,4-5,8,13-14H2,1-3H3/t18-/m1/s1. The molecule has 1 fully saturated rings. The molecule has 1 aromatic heterocycles. The van der Waals surface area contributed by atoms with Gasteiger partial charge in [-0.15, -0.1) is 0 Å².